The lowest BCUT2D eigenvalue weighted by Gasteiger charge is -2.16. The lowest BCUT2D eigenvalue weighted by atomic mass is 10.1. The molecule has 33 heavy (non-hydrogen) atoms. The highest BCUT2D eigenvalue weighted by molar-refractivity contribution is 7.18. The molecule has 0 aliphatic carbocycles. The lowest BCUT2D eigenvalue weighted by molar-refractivity contribution is -0.122. The van der Waals surface area contributed by atoms with Crippen LogP contribution in [-0.2, 0) is 14.3 Å². The van der Waals surface area contributed by atoms with E-state index < -0.39 is 23.7 Å². The number of aryl methyl sites for hydroxylation is 2. The zero-order valence-corrected chi connectivity index (χ0v) is 19.1. The zero-order valence-electron chi connectivity index (χ0n) is 18.3. The van der Waals surface area contributed by atoms with Crippen LogP contribution in [0, 0.1) is 19.8 Å². The van der Waals surface area contributed by atoms with Gasteiger partial charge in [0.15, 0.2) is 0 Å². The molecule has 1 unspecified atom stereocenters. The minimum atomic E-state index is -0.943. The fourth-order valence-electron chi connectivity index (χ4n) is 3.86. The molecule has 3 N–H and O–H groups in total. The van der Waals surface area contributed by atoms with Crippen LogP contribution in [0.3, 0.4) is 0 Å². The van der Waals surface area contributed by atoms with Crippen LogP contribution in [0.5, 0.6) is 0 Å². The molecule has 0 saturated carbocycles. The van der Waals surface area contributed by atoms with Gasteiger partial charge in [-0.25, -0.2) is 9.78 Å². The largest absolute Gasteiger partial charge is 0.462 e. The van der Waals surface area contributed by atoms with Crippen molar-refractivity contribution in [3.8, 4) is 0 Å². The van der Waals surface area contributed by atoms with E-state index in [9.17, 15) is 19.2 Å². The van der Waals surface area contributed by atoms with Crippen LogP contribution in [0.25, 0.3) is 10.2 Å². The van der Waals surface area contributed by atoms with Crippen molar-refractivity contribution >= 4 is 56.8 Å². The topological polar surface area (TPSA) is 145 Å². The number of benzene rings is 1. The molecule has 3 amide bonds. The third kappa shape index (κ3) is 4.19. The molecular formula is C22H22N4O6S. The van der Waals surface area contributed by atoms with Crippen molar-refractivity contribution in [2.45, 2.75) is 27.2 Å². The SMILES string of the molecule is CCOC(=O)c1c(C)oc(NC(=O)C2CC(=O)N(c3ccc4sc(C)nc4c3)C2)c1C(N)=O. The smallest absolute Gasteiger partial charge is 0.342 e. The van der Waals surface area contributed by atoms with Crippen molar-refractivity contribution in [2.24, 2.45) is 11.7 Å². The van der Waals surface area contributed by atoms with Gasteiger partial charge in [0, 0.05) is 18.7 Å². The molecule has 3 heterocycles. The number of hydrogen-bond acceptors (Lipinski definition) is 8. The maximum Gasteiger partial charge on any atom is 0.342 e. The van der Waals surface area contributed by atoms with E-state index in [1.165, 1.54) is 11.8 Å². The second-order valence-electron chi connectivity index (χ2n) is 7.60. The number of carbonyl (C=O) groups is 4. The minimum absolute atomic E-state index is 0.0176. The number of carbonyl (C=O) groups excluding carboxylic acids is 4. The molecule has 0 radical (unpaired) electrons. The number of ether oxygens (including phenoxy) is 1. The number of aromatic nitrogens is 1. The Morgan fingerprint density at radius 1 is 1.30 bits per heavy atom. The monoisotopic (exact) mass is 470 g/mol. The highest BCUT2D eigenvalue weighted by Gasteiger charge is 2.37. The summed E-state index contributed by atoms with van der Waals surface area (Å²) in [5.74, 6) is -3.29. The summed E-state index contributed by atoms with van der Waals surface area (Å²) in [5, 5.41) is 3.44. The zero-order chi connectivity index (χ0) is 23.9. The number of esters is 1. The van der Waals surface area contributed by atoms with Crippen LogP contribution in [0.2, 0.25) is 0 Å². The fraction of sp³-hybridized carbons (Fsp3) is 0.318. The van der Waals surface area contributed by atoms with Gasteiger partial charge in [-0.15, -0.1) is 11.3 Å². The van der Waals surface area contributed by atoms with Crippen molar-refractivity contribution in [1.29, 1.82) is 0 Å². The van der Waals surface area contributed by atoms with E-state index in [1.54, 1.807) is 18.3 Å². The number of anilines is 2. The number of nitrogens with one attached hydrogen (secondary N) is 1. The van der Waals surface area contributed by atoms with Crippen LogP contribution >= 0.6 is 11.3 Å². The van der Waals surface area contributed by atoms with Gasteiger partial charge >= 0.3 is 5.97 Å². The third-order valence-electron chi connectivity index (χ3n) is 5.33. The number of fused-ring (bicyclic) bond motifs is 1. The molecular weight excluding hydrogens is 448 g/mol. The van der Waals surface area contributed by atoms with Gasteiger partial charge in [0.2, 0.25) is 17.7 Å². The first-order valence-electron chi connectivity index (χ1n) is 10.3. The number of rotatable bonds is 6. The number of hydrogen-bond donors (Lipinski definition) is 2. The van der Waals surface area contributed by atoms with Gasteiger partial charge in [-0.2, -0.15) is 0 Å². The van der Waals surface area contributed by atoms with E-state index in [2.05, 4.69) is 10.3 Å². The van der Waals surface area contributed by atoms with E-state index in [4.69, 9.17) is 14.9 Å². The maximum absolute atomic E-state index is 12.9. The molecule has 0 spiro atoms. The Balaban J connectivity index is 1.54. The molecule has 1 fully saturated rings. The number of primary amides is 1. The highest BCUT2D eigenvalue weighted by Crippen LogP contribution is 2.32. The van der Waals surface area contributed by atoms with Gasteiger partial charge in [-0.05, 0) is 39.0 Å². The van der Waals surface area contributed by atoms with E-state index in [0.717, 1.165) is 15.2 Å². The lowest BCUT2D eigenvalue weighted by Crippen LogP contribution is -2.28. The molecule has 3 aromatic rings. The van der Waals surface area contributed by atoms with Crippen molar-refractivity contribution in [1.82, 2.24) is 4.98 Å². The second kappa shape index (κ2) is 8.66. The molecule has 1 saturated heterocycles. The highest BCUT2D eigenvalue weighted by atomic mass is 32.1. The van der Waals surface area contributed by atoms with Crippen LogP contribution in [0.4, 0.5) is 11.6 Å². The molecule has 1 aliphatic heterocycles. The molecule has 172 valence electrons. The maximum atomic E-state index is 12.9. The molecule has 4 rings (SSSR count). The van der Waals surface area contributed by atoms with Crippen LogP contribution in [0.15, 0.2) is 22.6 Å². The van der Waals surface area contributed by atoms with Gasteiger partial charge in [0.25, 0.3) is 5.91 Å². The summed E-state index contributed by atoms with van der Waals surface area (Å²) < 4.78 is 11.4. The number of nitrogens with zero attached hydrogens (tertiary/aromatic N) is 2. The number of amides is 3. The normalized spacial score (nSPS) is 15.8. The predicted octanol–water partition coefficient (Wildman–Crippen LogP) is 2.77. The van der Waals surface area contributed by atoms with Crippen molar-refractivity contribution in [3.05, 3.63) is 40.1 Å². The van der Waals surface area contributed by atoms with E-state index in [0.29, 0.717) is 5.69 Å². The number of thiazole rings is 1. The average molecular weight is 471 g/mol. The molecule has 1 aliphatic rings. The summed E-state index contributed by atoms with van der Waals surface area (Å²) in [6.07, 6.45) is -0.0176. The number of furan rings is 1. The quantitative estimate of drug-likeness (QED) is 0.527. The predicted molar refractivity (Wildman–Crippen MR) is 121 cm³/mol. The minimum Gasteiger partial charge on any atom is -0.462 e. The molecule has 10 nitrogen and oxygen atoms in total. The van der Waals surface area contributed by atoms with Gasteiger partial charge in [-0.3, -0.25) is 19.7 Å². The van der Waals surface area contributed by atoms with Gasteiger partial charge in [0.1, 0.15) is 16.9 Å². The van der Waals surface area contributed by atoms with Crippen molar-refractivity contribution < 1.29 is 28.3 Å². The van der Waals surface area contributed by atoms with Gasteiger partial charge < -0.3 is 19.8 Å². The van der Waals surface area contributed by atoms with Crippen molar-refractivity contribution in [2.75, 3.05) is 23.4 Å². The Kier molecular flexibility index (Phi) is 5.90. The third-order valence-corrected chi connectivity index (χ3v) is 6.28. The Bertz CT molecular complexity index is 1290. The summed E-state index contributed by atoms with van der Waals surface area (Å²) in [6, 6.07) is 5.55. The Labute approximate surface area is 192 Å². The van der Waals surface area contributed by atoms with Gasteiger partial charge in [-0.1, -0.05) is 0 Å². The summed E-state index contributed by atoms with van der Waals surface area (Å²) in [6.45, 7) is 5.24. The van der Waals surface area contributed by atoms with Crippen LogP contribution < -0.4 is 16.0 Å². The van der Waals surface area contributed by atoms with E-state index >= 15 is 0 Å². The summed E-state index contributed by atoms with van der Waals surface area (Å²) in [5.41, 5.74) is 6.49. The first kappa shape index (κ1) is 22.5. The molecule has 0 bridgehead atoms. The average Bonchev–Trinajstić information content (AvgIpc) is 3.41. The molecule has 11 heteroatoms. The van der Waals surface area contributed by atoms with E-state index in [-0.39, 0.29) is 48.3 Å². The second-order valence-corrected chi connectivity index (χ2v) is 8.84. The summed E-state index contributed by atoms with van der Waals surface area (Å²) in [7, 11) is 0. The van der Waals surface area contributed by atoms with Crippen molar-refractivity contribution in [3.63, 3.8) is 0 Å². The van der Waals surface area contributed by atoms with Crippen LogP contribution in [0.1, 0.15) is 44.8 Å². The molecule has 1 atom stereocenters. The number of nitrogens with two attached hydrogens (primary N) is 1. The molecule has 1 aromatic carbocycles. The summed E-state index contributed by atoms with van der Waals surface area (Å²) >= 11 is 1.56. The van der Waals surface area contributed by atoms with Gasteiger partial charge in [0.05, 0.1) is 27.7 Å². The first-order chi connectivity index (χ1) is 15.7. The Morgan fingerprint density at radius 2 is 2.06 bits per heavy atom. The Hall–Kier alpha value is -3.73. The fourth-order valence-corrected chi connectivity index (χ4v) is 4.67. The van der Waals surface area contributed by atoms with Crippen LogP contribution in [-0.4, -0.2) is 41.8 Å². The molecule has 2 aromatic heterocycles. The Morgan fingerprint density at radius 3 is 2.76 bits per heavy atom. The summed E-state index contributed by atoms with van der Waals surface area (Å²) in [4.78, 5) is 55.8. The first-order valence-corrected chi connectivity index (χ1v) is 11.1. The van der Waals surface area contributed by atoms with E-state index in [1.807, 2.05) is 25.1 Å². The standard InChI is InChI=1S/C22H22N4O6S/c1-4-31-22(30)17-10(2)32-21(18(17)19(23)28)25-20(29)12-7-16(27)26(9-12)13-5-6-15-14(8-13)24-11(3)33-15/h5-6,8,12H,4,7,9H2,1-3H3,(H2,23,28)(H,25,29).